The van der Waals surface area contributed by atoms with Crippen LogP contribution in [0, 0.1) is 6.92 Å². The van der Waals surface area contributed by atoms with Gasteiger partial charge in [-0.1, -0.05) is 18.2 Å². The first-order valence-corrected chi connectivity index (χ1v) is 8.84. The van der Waals surface area contributed by atoms with Crippen molar-refractivity contribution in [3.05, 3.63) is 36.0 Å². The molecular weight excluding hydrogens is 296 g/mol. The molecule has 0 radical (unpaired) electrons. The Hall–Kier alpha value is -1.46. The number of amides is 1. The highest BCUT2D eigenvalue weighted by atomic mass is 32.2. The van der Waals surface area contributed by atoms with Crippen molar-refractivity contribution in [1.82, 2.24) is 9.88 Å². The van der Waals surface area contributed by atoms with Crippen LogP contribution in [0.3, 0.4) is 0 Å². The summed E-state index contributed by atoms with van der Waals surface area (Å²) in [6, 6.07) is 8.10. The maximum absolute atomic E-state index is 12.2. The molecule has 0 atom stereocenters. The SMILES string of the molecule is Cc1cn(CC(=O)NCC2(O)CCSCC2)c2ccccc12. The van der Waals surface area contributed by atoms with Crippen LogP contribution in [-0.4, -0.2) is 39.2 Å². The molecule has 0 spiro atoms. The number of aryl methyl sites for hydroxylation is 1. The van der Waals surface area contributed by atoms with E-state index in [-0.39, 0.29) is 5.91 Å². The summed E-state index contributed by atoms with van der Waals surface area (Å²) in [7, 11) is 0. The van der Waals surface area contributed by atoms with Gasteiger partial charge in [-0.25, -0.2) is 0 Å². The smallest absolute Gasteiger partial charge is 0.240 e. The van der Waals surface area contributed by atoms with Crippen LogP contribution in [0.5, 0.6) is 0 Å². The van der Waals surface area contributed by atoms with Crippen molar-refractivity contribution >= 4 is 28.6 Å². The number of benzene rings is 1. The van der Waals surface area contributed by atoms with Gasteiger partial charge in [0.25, 0.3) is 0 Å². The number of carbonyl (C=O) groups excluding carboxylic acids is 1. The number of rotatable bonds is 4. The zero-order chi connectivity index (χ0) is 15.6. The normalized spacial score (nSPS) is 17.5. The molecule has 1 aromatic carbocycles. The topological polar surface area (TPSA) is 54.3 Å². The Kier molecular flexibility index (Phi) is 4.45. The van der Waals surface area contributed by atoms with Gasteiger partial charge in [0.05, 0.1) is 5.60 Å². The number of nitrogens with zero attached hydrogens (tertiary/aromatic N) is 1. The number of fused-ring (bicyclic) bond motifs is 1. The zero-order valence-electron chi connectivity index (χ0n) is 12.8. The van der Waals surface area contributed by atoms with Gasteiger partial charge in [-0.05, 0) is 42.9 Å². The molecule has 3 rings (SSSR count). The van der Waals surface area contributed by atoms with E-state index in [1.165, 1.54) is 10.9 Å². The molecule has 0 bridgehead atoms. The van der Waals surface area contributed by atoms with Gasteiger partial charge in [0.1, 0.15) is 6.54 Å². The summed E-state index contributed by atoms with van der Waals surface area (Å²) in [4.78, 5) is 12.2. The van der Waals surface area contributed by atoms with Crippen molar-refractivity contribution in [2.45, 2.75) is 31.9 Å². The Morgan fingerprint density at radius 1 is 1.36 bits per heavy atom. The lowest BCUT2D eigenvalue weighted by Gasteiger charge is -2.31. The summed E-state index contributed by atoms with van der Waals surface area (Å²) in [5.74, 6) is 1.88. The van der Waals surface area contributed by atoms with Gasteiger partial charge in [-0.15, -0.1) is 0 Å². The molecule has 22 heavy (non-hydrogen) atoms. The lowest BCUT2D eigenvalue weighted by molar-refractivity contribution is -0.123. The van der Waals surface area contributed by atoms with Gasteiger partial charge in [0, 0.05) is 23.6 Å². The molecule has 0 unspecified atom stereocenters. The van der Waals surface area contributed by atoms with Gasteiger partial charge in [-0.3, -0.25) is 4.79 Å². The summed E-state index contributed by atoms with van der Waals surface area (Å²) in [6.45, 7) is 2.70. The summed E-state index contributed by atoms with van der Waals surface area (Å²) < 4.78 is 1.97. The predicted molar refractivity (Wildman–Crippen MR) is 91.2 cm³/mol. The molecule has 2 N–H and O–H groups in total. The number of hydrogen-bond acceptors (Lipinski definition) is 3. The molecule has 0 aliphatic carbocycles. The molecule has 0 saturated carbocycles. The van der Waals surface area contributed by atoms with E-state index in [0.717, 1.165) is 29.9 Å². The molecule has 1 aliphatic rings. The van der Waals surface area contributed by atoms with Crippen LogP contribution in [0.4, 0.5) is 0 Å². The minimum Gasteiger partial charge on any atom is -0.388 e. The third kappa shape index (κ3) is 3.31. The van der Waals surface area contributed by atoms with E-state index in [0.29, 0.717) is 13.1 Å². The third-order valence-corrected chi connectivity index (χ3v) is 5.33. The molecule has 1 amide bonds. The average Bonchev–Trinajstić information content (AvgIpc) is 2.83. The minimum atomic E-state index is -0.727. The van der Waals surface area contributed by atoms with E-state index in [2.05, 4.69) is 18.3 Å². The van der Waals surface area contributed by atoms with Crippen molar-refractivity contribution in [2.75, 3.05) is 18.1 Å². The standard InChI is InChI=1S/C17H22N2O2S/c1-13-10-19(15-5-3-2-4-14(13)15)11-16(20)18-12-17(21)6-8-22-9-7-17/h2-5,10,21H,6-9,11-12H2,1H3,(H,18,20). The maximum Gasteiger partial charge on any atom is 0.240 e. The van der Waals surface area contributed by atoms with E-state index in [1.54, 1.807) is 0 Å². The predicted octanol–water partition coefficient (Wildman–Crippen LogP) is 2.32. The van der Waals surface area contributed by atoms with Crippen LogP contribution < -0.4 is 5.32 Å². The second-order valence-electron chi connectivity index (χ2n) is 6.07. The molecule has 1 aromatic heterocycles. The maximum atomic E-state index is 12.2. The summed E-state index contributed by atoms with van der Waals surface area (Å²) in [5.41, 5.74) is 1.52. The Bertz CT molecular complexity index is 674. The highest BCUT2D eigenvalue weighted by Gasteiger charge is 2.29. The molecular formula is C17H22N2O2S. The largest absolute Gasteiger partial charge is 0.388 e. The number of aromatic nitrogens is 1. The molecule has 1 saturated heterocycles. The van der Waals surface area contributed by atoms with Crippen LogP contribution in [0.15, 0.2) is 30.5 Å². The van der Waals surface area contributed by atoms with E-state index in [9.17, 15) is 9.90 Å². The first kappa shape index (κ1) is 15.4. The molecule has 5 heteroatoms. The highest BCUT2D eigenvalue weighted by Crippen LogP contribution is 2.26. The van der Waals surface area contributed by atoms with Crippen LogP contribution in [0.25, 0.3) is 10.9 Å². The van der Waals surface area contributed by atoms with Gasteiger partial charge in [0.15, 0.2) is 0 Å². The Labute approximate surface area is 134 Å². The molecule has 1 fully saturated rings. The average molecular weight is 318 g/mol. The summed E-state index contributed by atoms with van der Waals surface area (Å²) in [5, 5.41) is 14.5. The lowest BCUT2D eigenvalue weighted by Crippen LogP contribution is -2.46. The van der Waals surface area contributed by atoms with Gasteiger partial charge in [-0.2, -0.15) is 11.8 Å². The second kappa shape index (κ2) is 6.34. The molecule has 1 aliphatic heterocycles. The van der Waals surface area contributed by atoms with Crippen LogP contribution in [-0.2, 0) is 11.3 Å². The van der Waals surface area contributed by atoms with Crippen molar-refractivity contribution in [1.29, 1.82) is 0 Å². The number of nitrogens with one attached hydrogen (secondary N) is 1. The van der Waals surface area contributed by atoms with E-state index >= 15 is 0 Å². The highest BCUT2D eigenvalue weighted by molar-refractivity contribution is 7.99. The van der Waals surface area contributed by atoms with Crippen LogP contribution in [0.1, 0.15) is 18.4 Å². The molecule has 118 valence electrons. The third-order valence-electron chi connectivity index (χ3n) is 4.34. The van der Waals surface area contributed by atoms with Crippen molar-refractivity contribution in [3.8, 4) is 0 Å². The fourth-order valence-electron chi connectivity index (χ4n) is 2.96. The number of hydrogen-bond donors (Lipinski definition) is 2. The molecule has 2 heterocycles. The van der Waals surface area contributed by atoms with Crippen molar-refractivity contribution in [3.63, 3.8) is 0 Å². The molecule has 2 aromatic rings. The summed E-state index contributed by atoms with van der Waals surface area (Å²) >= 11 is 1.86. The number of aliphatic hydroxyl groups is 1. The summed E-state index contributed by atoms with van der Waals surface area (Å²) in [6.07, 6.45) is 3.52. The Morgan fingerprint density at radius 2 is 2.09 bits per heavy atom. The van der Waals surface area contributed by atoms with Gasteiger partial charge < -0.3 is 15.0 Å². The minimum absolute atomic E-state index is 0.0487. The van der Waals surface area contributed by atoms with Gasteiger partial charge in [0.2, 0.25) is 5.91 Å². The molecule has 4 nitrogen and oxygen atoms in total. The van der Waals surface area contributed by atoms with E-state index in [4.69, 9.17) is 0 Å². The second-order valence-corrected chi connectivity index (χ2v) is 7.30. The number of thioether (sulfide) groups is 1. The van der Waals surface area contributed by atoms with Crippen LogP contribution in [0.2, 0.25) is 0 Å². The quantitative estimate of drug-likeness (QED) is 0.910. The first-order chi connectivity index (χ1) is 10.6. The van der Waals surface area contributed by atoms with E-state index in [1.807, 2.05) is 40.7 Å². The monoisotopic (exact) mass is 318 g/mol. The van der Waals surface area contributed by atoms with Crippen molar-refractivity contribution in [2.24, 2.45) is 0 Å². The number of carbonyl (C=O) groups is 1. The zero-order valence-corrected chi connectivity index (χ0v) is 13.7. The fourth-order valence-corrected chi connectivity index (χ4v) is 4.22. The Morgan fingerprint density at radius 3 is 2.86 bits per heavy atom. The first-order valence-electron chi connectivity index (χ1n) is 7.69. The Balaban J connectivity index is 1.63. The lowest BCUT2D eigenvalue weighted by atomic mass is 9.97. The fraction of sp³-hybridized carbons (Fsp3) is 0.471. The van der Waals surface area contributed by atoms with Crippen LogP contribution >= 0.6 is 11.8 Å². The van der Waals surface area contributed by atoms with Gasteiger partial charge >= 0.3 is 0 Å². The van der Waals surface area contributed by atoms with Crippen molar-refractivity contribution < 1.29 is 9.90 Å². The number of para-hydroxylation sites is 1. The van der Waals surface area contributed by atoms with E-state index < -0.39 is 5.60 Å².